The highest BCUT2D eigenvalue weighted by Gasteiger charge is 2.75. The fraction of sp³-hybridized carbons (Fsp3) is 0.500. The van der Waals surface area contributed by atoms with E-state index in [1.807, 2.05) is 44.2 Å². The number of carbonyl (C=O) groups excluding carboxylic acids is 4. The number of likely N-dealkylation sites (tertiary alicyclic amines) is 1. The molecule has 3 heterocycles. The van der Waals surface area contributed by atoms with Crippen LogP contribution in [-0.4, -0.2) is 83.8 Å². The maximum atomic E-state index is 14.9. The maximum Gasteiger partial charge on any atom is 0.313 e. The third-order valence-electron chi connectivity index (χ3n) is 10.3. The lowest BCUT2D eigenvalue weighted by atomic mass is 9.70. The van der Waals surface area contributed by atoms with Gasteiger partial charge in [0.1, 0.15) is 23.5 Å². The molecular weight excluding hydrogens is 650 g/mol. The van der Waals surface area contributed by atoms with Crippen LogP contribution in [-0.2, 0) is 28.7 Å². The molecule has 3 aliphatic heterocycles. The first-order valence-corrected chi connectivity index (χ1v) is 17.8. The van der Waals surface area contributed by atoms with E-state index in [0.717, 1.165) is 0 Å². The Labute approximate surface area is 300 Å². The van der Waals surface area contributed by atoms with Crippen molar-refractivity contribution in [2.75, 3.05) is 25.2 Å². The monoisotopic (exact) mass is 701 g/mol. The molecule has 2 bridgehead atoms. The Morgan fingerprint density at radius 3 is 2.41 bits per heavy atom. The van der Waals surface area contributed by atoms with Crippen LogP contribution in [0.3, 0.4) is 0 Å². The highest BCUT2D eigenvalue weighted by molar-refractivity contribution is 6.05. The predicted molar refractivity (Wildman–Crippen MR) is 193 cm³/mol. The number of nitrogens with one attached hydrogen (secondary N) is 1. The number of fused-ring (bicyclic) bond motifs is 1. The third-order valence-corrected chi connectivity index (χ3v) is 10.3. The number of hydrogen-bond acceptors (Lipinski definition) is 8. The van der Waals surface area contributed by atoms with Crippen LogP contribution in [0.4, 0.5) is 5.69 Å². The molecule has 0 saturated carbocycles. The Morgan fingerprint density at radius 2 is 1.80 bits per heavy atom. The predicted octanol–water partition coefficient (Wildman–Crippen LogP) is 4.75. The summed E-state index contributed by atoms with van der Waals surface area (Å²) in [5, 5.41) is 13.6. The quantitative estimate of drug-likeness (QED) is 0.178. The molecule has 2 aromatic rings. The van der Waals surface area contributed by atoms with Gasteiger partial charge in [0.2, 0.25) is 11.8 Å². The van der Waals surface area contributed by atoms with E-state index in [-0.39, 0.29) is 37.3 Å². The molecule has 11 nitrogen and oxygen atoms in total. The summed E-state index contributed by atoms with van der Waals surface area (Å²) in [6.07, 6.45) is 3.80. The molecule has 51 heavy (non-hydrogen) atoms. The molecule has 8 atom stereocenters. The van der Waals surface area contributed by atoms with E-state index in [4.69, 9.17) is 14.2 Å². The van der Waals surface area contributed by atoms with Crippen LogP contribution < -0.4 is 15.0 Å². The smallest absolute Gasteiger partial charge is 0.313 e. The molecule has 3 amide bonds. The Balaban J connectivity index is 1.52. The van der Waals surface area contributed by atoms with Crippen LogP contribution >= 0.6 is 0 Å². The Morgan fingerprint density at radius 1 is 1.10 bits per heavy atom. The minimum Gasteiger partial charge on any atom is -0.497 e. The Hall–Kier alpha value is -4.48. The van der Waals surface area contributed by atoms with E-state index < -0.39 is 59.6 Å². The van der Waals surface area contributed by atoms with Gasteiger partial charge in [0, 0.05) is 18.7 Å². The van der Waals surface area contributed by atoms with E-state index >= 15 is 0 Å². The number of benzene rings is 2. The number of hydrogen-bond donors (Lipinski definition) is 2. The molecular formula is C40H51N3O8. The van der Waals surface area contributed by atoms with E-state index in [1.165, 1.54) is 4.90 Å². The van der Waals surface area contributed by atoms with Gasteiger partial charge < -0.3 is 34.4 Å². The first-order valence-electron chi connectivity index (χ1n) is 17.8. The summed E-state index contributed by atoms with van der Waals surface area (Å²) in [5.74, 6) is -2.90. The summed E-state index contributed by atoms with van der Waals surface area (Å²) < 4.78 is 18.3. The zero-order valence-electron chi connectivity index (χ0n) is 30.0. The van der Waals surface area contributed by atoms with E-state index in [9.17, 15) is 24.3 Å². The molecule has 2 aromatic carbocycles. The second-order valence-electron chi connectivity index (χ2n) is 14.2. The van der Waals surface area contributed by atoms with Gasteiger partial charge in [-0.2, -0.15) is 0 Å². The first kappa shape index (κ1) is 37.8. The molecule has 2 N–H and O–H groups in total. The minimum atomic E-state index is -1.31. The van der Waals surface area contributed by atoms with E-state index in [0.29, 0.717) is 42.7 Å². The number of aliphatic hydroxyl groups is 1. The average Bonchev–Trinajstić information content (AvgIpc) is 3.78. The highest BCUT2D eigenvalue weighted by atomic mass is 16.6. The molecule has 0 unspecified atom stereocenters. The van der Waals surface area contributed by atoms with Gasteiger partial charge >= 0.3 is 5.97 Å². The van der Waals surface area contributed by atoms with Gasteiger partial charge in [0.25, 0.3) is 5.91 Å². The van der Waals surface area contributed by atoms with Gasteiger partial charge in [0.05, 0.1) is 43.7 Å². The van der Waals surface area contributed by atoms with Crippen molar-refractivity contribution >= 4 is 29.4 Å². The molecule has 3 saturated heterocycles. The second kappa shape index (κ2) is 16.2. The van der Waals surface area contributed by atoms with Crippen LogP contribution in [0, 0.1) is 17.8 Å². The lowest BCUT2D eigenvalue weighted by molar-refractivity contribution is -0.162. The summed E-state index contributed by atoms with van der Waals surface area (Å²) >= 11 is 0. The average molecular weight is 702 g/mol. The lowest BCUT2D eigenvalue weighted by Crippen LogP contribution is -2.59. The van der Waals surface area contributed by atoms with E-state index in [1.54, 1.807) is 55.4 Å². The molecule has 0 aliphatic carbocycles. The second-order valence-corrected chi connectivity index (χ2v) is 14.2. The van der Waals surface area contributed by atoms with Crippen molar-refractivity contribution in [3.63, 3.8) is 0 Å². The fourth-order valence-electron chi connectivity index (χ4n) is 8.15. The number of allylic oxidation sites excluding steroid dienone is 1. The normalized spacial score (nSPS) is 25.1. The molecule has 11 heteroatoms. The van der Waals surface area contributed by atoms with Crippen molar-refractivity contribution in [3.8, 4) is 5.75 Å². The number of amides is 3. The van der Waals surface area contributed by atoms with Gasteiger partial charge in [0.15, 0.2) is 0 Å². The summed E-state index contributed by atoms with van der Waals surface area (Å²) in [4.78, 5) is 59.8. The third kappa shape index (κ3) is 7.46. The number of esters is 1. The molecule has 1 spiro atoms. The zero-order valence-corrected chi connectivity index (χ0v) is 30.0. The summed E-state index contributed by atoms with van der Waals surface area (Å²) in [6.45, 7) is 13.1. The standard InChI is InChI=1S/C40H51N3O8/c1-7-9-15-32(45)41-26(5)35(27-13-11-10-12-14-27)50-39(48)33-31-20-21-40(51-31)34(33)37(46)43(29(24-44)23-25(3)4)36(40)38(47)42(22-8-2)28-16-18-30(49-6)19-17-28/h7-8,10-14,16-19,25-26,29,31,33-36,44H,1-2,9,15,20-24H2,3-6H3,(H,41,45)/t26-,29-,31+,33-,34-,35-,36+,40-/m1/s1. The van der Waals surface area contributed by atoms with Crippen molar-refractivity contribution in [1.29, 1.82) is 0 Å². The molecule has 5 rings (SSSR count). The van der Waals surface area contributed by atoms with Crippen molar-refractivity contribution in [2.45, 2.75) is 88.8 Å². The summed E-state index contributed by atoms with van der Waals surface area (Å²) in [6, 6.07) is 13.8. The summed E-state index contributed by atoms with van der Waals surface area (Å²) in [7, 11) is 1.56. The maximum absolute atomic E-state index is 14.9. The SMILES string of the molecule is C=CCCC(=O)N[C@H](C)[C@@H](OC(=O)[C@@H]1[C@@H]2CC[C@]3(O2)[C@H](C(=O)N(CC=C)c2ccc(OC)cc2)N([C@@H](CO)CC(C)C)C(=O)[C@@H]13)c1ccccc1. The van der Waals surface area contributed by atoms with Crippen LogP contribution in [0.5, 0.6) is 5.75 Å². The van der Waals surface area contributed by atoms with Gasteiger partial charge in [-0.05, 0) is 68.4 Å². The van der Waals surface area contributed by atoms with Crippen LogP contribution in [0.15, 0.2) is 79.9 Å². The topological polar surface area (TPSA) is 135 Å². The zero-order chi connectivity index (χ0) is 36.9. The number of aliphatic hydroxyl groups excluding tert-OH is 1. The number of rotatable bonds is 17. The van der Waals surface area contributed by atoms with Crippen LogP contribution in [0.2, 0.25) is 0 Å². The fourth-order valence-corrected chi connectivity index (χ4v) is 8.15. The molecule has 0 aromatic heterocycles. The number of methoxy groups -OCH3 is 1. The van der Waals surface area contributed by atoms with Crippen LogP contribution in [0.25, 0.3) is 0 Å². The Kier molecular flexibility index (Phi) is 12.0. The summed E-state index contributed by atoms with van der Waals surface area (Å²) in [5.41, 5.74) is -0.0490. The number of ether oxygens (including phenoxy) is 3. The first-order chi connectivity index (χ1) is 24.5. The van der Waals surface area contributed by atoms with Crippen LogP contribution in [0.1, 0.15) is 64.5 Å². The van der Waals surface area contributed by atoms with Crippen molar-refractivity contribution in [2.24, 2.45) is 17.8 Å². The number of anilines is 1. The molecule has 3 fully saturated rings. The Bertz CT molecular complexity index is 1580. The van der Waals surface area contributed by atoms with Crippen molar-refractivity contribution < 1.29 is 38.5 Å². The van der Waals surface area contributed by atoms with Gasteiger partial charge in [-0.3, -0.25) is 19.2 Å². The van der Waals surface area contributed by atoms with Crippen molar-refractivity contribution in [3.05, 3.63) is 85.5 Å². The van der Waals surface area contributed by atoms with E-state index in [2.05, 4.69) is 18.5 Å². The minimum absolute atomic E-state index is 0.0994. The lowest BCUT2D eigenvalue weighted by Gasteiger charge is -2.39. The molecule has 274 valence electrons. The highest BCUT2D eigenvalue weighted by Crippen LogP contribution is 2.59. The largest absolute Gasteiger partial charge is 0.497 e. The van der Waals surface area contributed by atoms with Gasteiger partial charge in [-0.15, -0.1) is 13.2 Å². The number of carbonyl (C=O) groups is 4. The molecule has 0 radical (unpaired) electrons. The molecule has 3 aliphatic rings. The van der Waals surface area contributed by atoms with Crippen molar-refractivity contribution in [1.82, 2.24) is 10.2 Å². The van der Waals surface area contributed by atoms with Gasteiger partial charge in [-0.1, -0.05) is 56.3 Å². The number of nitrogens with zero attached hydrogens (tertiary/aromatic N) is 2. The van der Waals surface area contributed by atoms with Gasteiger partial charge in [-0.25, -0.2) is 0 Å².